The van der Waals surface area contributed by atoms with Crippen molar-refractivity contribution in [3.05, 3.63) is 35.9 Å². The molecule has 1 aromatic carbocycles. The summed E-state index contributed by atoms with van der Waals surface area (Å²) in [4.78, 5) is 11.7. The quantitative estimate of drug-likeness (QED) is 0.909. The molecule has 0 saturated heterocycles. The molecule has 0 saturated carbocycles. The van der Waals surface area contributed by atoms with Crippen molar-refractivity contribution in [2.24, 2.45) is 0 Å². The number of carbonyl (C=O) groups excluding carboxylic acids is 1. The molecule has 1 N–H and O–H groups in total. The Labute approximate surface area is 109 Å². The zero-order valence-electron chi connectivity index (χ0n) is 10.1. The van der Waals surface area contributed by atoms with Crippen LogP contribution in [0.25, 0.3) is 0 Å². The van der Waals surface area contributed by atoms with E-state index >= 15 is 0 Å². The maximum atomic E-state index is 12.0. The number of hydrogen-bond donors (Lipinski definition) is 1. The fraction of sp³-hybridized carbons (Fsp3) is 0.357. The summed E-state index contributed by atoms with van der Waals surface area (Å²) < 4.78 is 12.0. The Morgan fingerprint density at radius 1 is 1.22 bits per heavy atom. The van der Waals surface area contributed by atoms with Crippen molar-refractivity contribution in [3.63, 3.8) is 0 Å². The molecule has 0 amide bonds. The molecule has 4 heteroatoms. The lowest BCUT2D eigenvalue weighted by molar-refractivity contribution is -0.115. The molecule has 0 aliphatic heterocycles. The Morgan fingerprint density at radius 3 is 2.72 bits per heavy atom. The molecular weight excluding hydrogens is 248 g/mol. The smallest absolute Gasteiger partial charge is 0.155 e. The second-order valence-corrected chi connectivity index (χ2v) is 5.93. The zero-order valence-corrected chi connectivity index (χ0v) is 10.9. The van der Waals surface area contributed by atoms with Gasteiger partial charge in [0.05, 0.1) is 15.7 Å². The maximum Gasteiger partial charge on any atom is 0.155 e. The van der Waals surface area contributed by atoms with Gasteiger partial charge in [0, 0.05) is 12.2 Å². The van der Waals surface area contributed by atoms with Gasteiger partial charge in [-0.15, -0.1) is 0 Å². The normalized spacial score (nSPS) is 17.3. The predicted molar refractivity (Wildman–Crippen MR) is 70.9 cm³/mol. The zero-order chi connectivity index (χ0) is 13.0. The molecule has 0 radical (unpaired) electrons. The molecule has 0 aromatic heterocycles. The van der Waals surface area contributed by atoms with Crippen LogP contribution in [0.2, 0.25) is 0 Å². The van der Waals surface area contributed by atoms with Crippen LogP contribution in [-0.4, -0.2) is 20.9 Å². The number of hydrogen-bond acceptors (Lipinski definition) is 3. The highest BCUT2D eigenvalue weighted by molar-refractivity contribution is 7.85. The van der Waals surface area contributed by atoms with Crippen LogP contribution in [0.1, 0.15) is 25.7 Å². The van der Waals surface area contributed by atoms with Crippen LogP contribution in [-0.2, 0) is 15.6 Å². The average Bonchev–Trinajstić information content (AvgIpc) is 2.37. The standard InChI is InChI=1S/C14H16O3S/c15-12-5-3-4-11(10-12)8-9-18(17)14-7-2-1-6-13(14)16/h1-2,6-7,10,16H,3-5,8-9H2. The lowest BCUT2D eigenvalue weighted by atomic mass is 9.97. The van der Waals surface area contributed by atoms with E-state index in [9.17, 15) is 14.1 Å². The molecule has 18 heavy (non-hydrogen) atoms. The molecule has 0 bridgehead atoms. The Balaban J connectivity index is 1.97. The van der Waals surface area contributed by atoms with Crippen LogP contribution in [0.5, 0.6) is 5.75 Å². The van der Waals surface area contributed by atoms with Crippen molar-refractivity contribution in [2.75, 3.05) is 5.75 Å². The third-order valence-electron chi connectivity index (χ3n) is 3.01. The molecule has 2 rings (SSSR count). The van der Waals surface area contributed by atoms with E-state index in [0.717, 1.165) is 18.4 Å². The van der Waals surface area contributed by atoms with Gasteiger partial charge in [-0.3, -0.25) is 9.00 Å². The van der Waals surface area contributed by atoms with Gasteiger partial charge in [-0.25, -0.2) is 0 Å². The molecule has 1 unspecified atom stereocenters. The Morgan fingerprint density at radius 2 is 2.00 bits per heavy atom. The van der Waals surface area contributed by atoms with E-state index in [4.69, 9.17) is 0 Å². The predicted octanol–water partition coefficient (Wildman–Crippen LogP) is 2.57. The molecule has 96 valence electrons. The van der Waals surface area contributed by atoms with Crippen LogP contribution in [0, 0.1) is 0 Å². The largest absolute Gasteiger partial charge is 0.507 e. The monoisotopic (exact) mass is 264 g/mol. The van der Waals surface area contributed by atoms with Gasteiger partial charge in [-0.1, -0.05) is 17.7 Å². The van der Waals surface area contributed by atoms with Crippen molar-refractivity contribution in [1.82, 2.24) is 0 Å². The number of allylic oxidation sites excluding steroid dienone is 2. The topological polar surface area (TPSA) is 54.4 Å². The van der Waals surface area contributed by atoms with Gasteiger partial charge in [0.15, 0.2) is 5.78 Å². The fourth-order valence-electron chi connectivity index (χ4n) is 2.04. The number of carbonyl (C=O) groups is 1. The molecule has 1 atom stereocenters. The number of aromatic hydroxyl groups is 1. The number of rotatable bonds is 4. The molecule has 0 heterocycles. The van der Waals surface area contributed by atoms with Gasteiger partial charge in [-0.2, -0.15) is 0 Å². The third kappa shape index (κ3) is 3.29. The van der Waals surface area contributed by atoms with E-state index in [0.29, 0.717) is 23.5 Å². The summed E-state index contributed by atoms with van der Waals surface area (Å²) in [6, 6.07) is 6.68. The number of phenolic OH excluding ortho intramolecular Hbond substituents is 1. The lowest BCUT2D eigenvalue weighted by Crippen LogP contribution is -2.06. The fourth-order valence-corrected chi connectivity index (χ4v) is 3.24. The summed E-state index contributed by atoms with van der Waals surface area (Å²) >= 11 is 0. The molecular formula is C14H16O3S. The number of phenols is 1. The van der Waals surface area contributed by atoms with Gasteiger partial charge < -0.3 is 5.11 Å². The van der Waals surface area contributed by atoms with Gasteiger partial charge >= 0.3 is 0 Å². The van der Waals surface area contributed by atoms with Gasteiger partial charge in [0.1, 0.15) is 5.75 Å². The van der Waals surface area contributed by atoms with E-state index in [1.807, 2.05) is 0 Å². The first-order valence-corrected chi connectivity index (χ1v) is 7.37. The lowest BCUT2D eigenvalue weighted by Gasteiger charge is -2.11. The SMILES string of the molecule is O=C1C=C(CCS(=O)c2ccccc2O)CCC1. The minimum Gasteiger partial charge on any atom is -0.507 e. The Kier molecular flexibility index (Phi) is 4.31. The average molecular weight is 264 g/mol. The number of ketones is 1. The van der Waals surface area contributed by atoms with Crippen molar-refractivity contribution < 1.29 is 14.1 Å². The van der Waals surface area contributed by atoms with Crippen molar-refractivity contribution in [1.29, 1.82) is 0 Å². The van der Waals surface area contributed by atoms with E-state index in [1.165, 1.54) is 6.07 Å². The maximum absolute atomic E-state index is 12.0. The van der Waals surface area contributed by atoms with E-state index in [1.54, 1.807) is 24.3 Å². The second-order valence-electron chi connectivity index (χ2n) is 4.39. The summed E-state index contributed by atoms with van der Waals surface area (Å²) in [7, 11) is -1.21. The highest BCUT2D eigenvalue weighted by atomic mass is 32.2. The molecule has 3 nitrogen and oxygen atoms in total. The van der Waals surface area contributed by atoms with Crippen LogP contribution >= 0.6 is 0 Å². The van der Waals surface area contributed by atoms with Crippen LogP contribution in [0.15, 0.2) is 40.8 Å². The highest BCUT2D eigenvalue weighted by Crippen LogP contribution is 2.23. The molecule has 1 aliphatic carbocycles. The molecule has 1 aliphatic rings. The summed E-state index contributed by atoms with van der Waals surface area (Å²) in [5.41, 5.74) is 1.08. The van der Waals surface area contributed by atoms with Crippen LogP contribution in [0.3, 0.4) is 0 Å². The van der Waals surface area contributed by atoms with Crippen molar-refractivity contribution in [2.45, 2.75) is 30.6 Å². The minimum absolute atomic E-state index is 0.0736. The van der Waals surface area contributed by atoms with Gasteiger partial charge in [0.2, 0.25) is 0 Å². The third-order valence-corrected chi connectivity index (χ3v) is 4.42. The van der Waals surface area contributed by atoms with E-state index in [2.05, 4.69) is 0 Å². The van der Waals surface area contributed by atoms with Crippen LogP contribution < -0.4 is 0 Å². The van der Waals surface area contributed by atoms with Crippen LogP contribution in [0.4, 0.5) is 0 Å². The second kappa shape index (κ2) is 5.96. The molecule has 0 spiro atoms. The summed E-state index contributed by atoms with van der Waals surface area (Å²) in [5.74, 6) is 0.700. The van der Waals surface area contributed by atoms with Crippen molar-refractivity contribution >= 4 is 16.6 Å². The Bertz CT molecular complexity index is 506. The summed E-state index contributed by atoms with van der Waals surface area (Å²) in [5, 5.41) is 9.60. The summed E-state index contributed by atoms with van der Waals surface area (Å²) in [6.45, 7) is 0. The van der Waals surface area contributed by atoms with E-state index in [-0.39, 0.29) is 11.5 Å². The Hall–Kier alpha value is -1.42. The first-order valence-electron chi connectivity index (χ1n) is 6.05. The van der Waals surface area contributed by atoms with E-state index < -0.39 is 10.8 Å². The minimum atomic E-state index is -1.21. The number of benzene rings is 1. The first-order chi connectivity index (χ1) is 8.66. The molecule has 1 aromatic rings. The van der Waals surface area contributed by atoms with Crippen molar-refractivity contribution in [3.8, 4) is 5.75 Å². The van der Waals surface area contributed by atoms with Gasteiger partial charge in [0.25, 0.3) is 0 Å². The number of para-hydroxylation sites is 1. The first kappa shape index (κ1) is 13.0. The summed E-state index contributed by atoms with van der Waals surface area (Å²) in [6.07, 6.45) is 4.79. The molecule has 0 fully saturated rings. The van der Waals surface area contributed by atoms with Gasteiger partial charge in [-0.05, 0) is 37.5 Å². The highest BCUT2D eigenvalue weighted by Gasteiger charge is 2.13.